The van der Waals surface area contributed by atoms with Crippen molar-refractivity contribution in [3.63, 3.8) is 0 Å². The summed E-state index contributed by atoms with van der Waals surface area (Å²) < 4.78 is 18.5. The van der Waals surface area contributed by atoms with Crippen LogP contribution in [0.5, 0.6) is 0 Å². The van der Waals surface area contributed by atoms with E-state index in [1.165, 1.54) is 7.11 Å². The average Bonchev–Trinajstić information content (AvgIpc) is 2.37. The van der Waals surface area contributed by atoms with Crippen molar-refractivity contribution >= 4 is 5.97 Å². The number of carbonyl (C=O) groups excluding carboxylic acids is 1. The van der Waals surface area contributed by atoms with Gasteiger partial charge in [0.05, 0.1) is 7.11 Å². The molecule has 17 heavy (non-hydrogen) atoms. The molecular formula is C12H23FN2O2. The van der Waals surface area contributed by atoms with Crippen molar-refractivity contribution in [2.75, 3.05) is 33.3 Å². The summed E-state index contributed by atoms with van der Waals surface area (Å²) in [5.41, 5.74) is 0. The van der Waals surface area contributed by atoms with Gasteiger partial charge in [0.25, 0.3) is 0 Å². The summed E-state index contributed by atoms with van der Waals surface area (Å²) in [6.45, 7) is 10.3. The lowest BCUT2D eigenvalue weighted by molar-refractivity contribution is -0.138. The molecule has 0 atom stereocenters. The van der Waals surface area contributed by atoms with E-state index < -0.39 is 11.8 Å². The summed E-state index contributed by atoms with van der Waals surface area (Å²) in [5, 5.41) is 0. The Kier molecular flexibility index (Phi) is 7.34. The van der Waals surface area contributed by atoms with Crippen molar-refractivity contribution in [3.05, 3.63) is 11.6 Å². The van der Waals surface area contributed by atoms with Crippen molar-refractivity contribution in [2.45, 2.75) is 27.7 Å². The Labute approximate surface area is 103 Å². The summed E-state index contributed by atoms with van der Waals surface area (Å²) in [4.78, 5) is 15.0. The third-order valence-electron chi connectivity index (χ3n) is 2.69. The Hall–Kier alpha value is -1.26. The third-order valence-corrected chi connectivity index (χ3v) is 2.69. The largest absolute Gasteiger partial charge is 0.464 e. The van der Waals surface area contributed by atoms with E-state index in [9.17, 15) is 9.18 Å². The highest BCUT2D eigenvalue weighted by Crippen LogP contribution is 2.17. The molecule has 4 nitrogen and oxygen atoms in total. The van der Waals surface area contributed by atoms with Crippen LogP contribution in [-0.4, -0.2) is 49.1 Å². The van der Waals surface area contributed by atoms with Crippen LogP contribution in [0, 0.1) is 0 Å². The van der Waals surface area contributed by atoms with Gasteiger partial charge >= 0.3 is 5.97 Å². The Morgan fingerprint density at radius 1 is 1.00 bits per heavy atom. The van der Waals surface area contributed by atoms with E-state index in [4.69, 9.17) is 0 Å². The Morgan fingerprint density at radius 2 is 1.35 bits per heavy atom. The number of rotatable bonds is 7. The molecule has 0 heterocycles. The smallest absolute Gasteiger partial charge is 0.370 e. The molecule has 0 aliphatic rings. The van der Waals surface area contributed by atoms with E-state index in [0.717, 1.165) is 0 Å². The van der Waals surface area contributed by atoms with Gasteiger partial charge in [0, 0.05) is 26.2 Å². The molecule has 0 unspecified atom stereocenters. The minimum Gasteiger partial charge on any atom is -0.464 e. The van der Waals surface area contributed by atoms with Crippen LogP contribution in [0.3, 0.4) is 0 Å². The first-order chi connectivity index (χ1) is 8.06. The zero-order valence-electron chi connectivity index (χ0n) is 11.4. The van der Waals surface area contributed by atoms with E-state index in [2.05, 4.69) is 4.74 Å². The highest BCUT2D eigenvalue weighted by Gasteiger charge is 2.23. The van der Waals surface area contributed by atoms with Gasteiger partial charge in [0.2, 0.25) is 5.83 Å². The first-order valence-corrected chi connectivity index (χ1v) is 6.05. The number of hydrogen-bond acceptors (Lipinski definition) is 4. The predicted molar refractivity (Wildman–Crippen MR) is 66.0 cm³/mol. The summed E-state index contributed by atoms with van der Waals surface area (Å²) in [5.74, 6) is -1.41. The Morgan fingerprint density at radius 3 is 1.59 bits per heavy atom. The van der Waals surface area contributed by atoms with Gasteiger partial charge in [0.15, 0.2) is 0 Å². The molecule has 0 bridgehead atoms. The molecule has 0 saturated carbocycles. The second-order valence-electron chi connectivity index (χ2n) is 3.47. The van der Waals surface area contributed by atoms with E-state index in [0.29, 0.717) is 32.0 Å². The third kappa shape index (κ3) is 3.91. The Bertz CT molecular complexity index is 258. The van der Waals surface area contributed by atoms with Crippen LogP contribution in [0.15, 0.2) is 11.6 Å². The average molecular weight is 246 g/mol. The fourth-order valence-electron chi connectivity index (χ4n) is 1.70. The summed E-state index contributed by atoms with van der Waals surface area (Å²) in [6, 6.07) is 0. The molecule has 0 aromatic rings. The van der Waals surface area contributed by atoms with Crippen LogP contribution in [0.4, 0.5) is 4.39 Å². The summed E-state index contributed by atoms with van der Waals surface area (Å²) in [7, 11) is 1.18. The molecule has 0 aliphatic carbocycles. The molecule has 0 radical (unpaired) electrons. The topological polar surface area (TPSA) is 32.8 Å². The minimum atomic E-state index is -0.918. The first-order valence-electron chi connectivity index (χ1n) is 6.05. The molecule has 0 aliphatic heterocycles. The van der Waals surface area contributed by atoms with Crippen LogP contribution in [0.25, 0.3) is 0 Å². The van der Waals surface area contributed by atoms with Gasteiger partial charge in [-0.15, -0.1) is 0 Å². The fourth-order valence-corrected chi connectivity index (χ4v) is 1.70. The second-order valence-corrected chi connectivity index (χ2v) is 3.47. The molecule has 5 heteroatoms. The first kappa shape index (κ1) is 15.7. The van der Waals surface area contributed by atoms with Gasteiger partial charge in [-0.05, 0) is 27.7 Å². The SMILES string of the molecule is CCN(CC)C(=C(F)C(=O)OC)N(CC)CC. The molecule has 0 fully saturated rings. The monoisotopic (exact) mass is 246 g/mol. The quantitative estimate of drug-likeness (QED) is 0.508. The van der Waals surface area contributed by atoms with Gasteiger partial charge in [-0.3, -0.25) is 0 Å². The van der Waals surface area contributed by atoms with Gasteiger partial charge in [-0.2, -0.15) is 4.39 Å². The van der Waals surface area contributed by atoms with E-state index >= 15 is 0 Å². The van der Waals surface area contributed by atoms with Crippen LogP contribution >= 0.6 is 0 Å². The fraction of sp³-hybridized carbons (Fsp3) is 0.750. The van der Waals surface area contributed by atoms with Crippen molar-refractivity contribution in [1.82, 2.24) is 9.80 Å². The van der Waals surface area contributed by atoms with Gasteiger partial charge in [-0.25, -0.2) is 4.79 Å². The second kappa shape index (κ2) is 7.92. The molecule has 0 N–H and O–H groups in total. The number of methoxy groups -OCH3 is 1. The molecule has 0 rings (SSSR count). The summed E-state index contributed by atoms with van der Waals surface area (Å²) in [6.07, 6.45) is 0. The standard InChI is InChI=1S/C12H23FN2O2/c1-6-14(7-2)11(15(8-3)9-4)10(13)12(16)17-5/h6-9H2,1-5H3. The van der Waals surface area contributed by atoms with Crippen LogP contribution in [-0.2, 0) is 9.53 Å². The minimum absolute atomic E-state index is 0.326. The lowest BCUT2D eigenvalue weighted by atomic mass is 10.3. The number of nitrogens with zero attached hydrogens (tertiary/aromatic N) is 2. The summed E-state index contributed by atoms with van der Waals surface area (Å²) >= 11 is 0. The Balaban J connectivity index is 5.42. The zero-order valence-corrected chi connectivity index (χ0v) is 11.4. The maximum atomic E-state index is 14.0. The maximum absolute atomic E-state index is 14.0. The highest BCUT2D eigenvalue weighted by atomic mass is 19.1. The molecule has 0 aromatic carbocycles. The molecule has 0 spiro atoms. The normalized spacial score (nSPS) is 9.76. The molecular weight excluding hydrogens is 223 g/mol. The van der Waals surface area contributed by atoms with Crippen LogP contribution in [0.2, 0.25) is 0 Å². The lowest BCUT2D eigenvalue weighted by Crippen LogP contribution is -2.37. The number of hydrogen-bond donors (Lipinski definition) is 0. The van der Waals surface area contributed by atoms with Crippen molar-refractivity contribution in [1.29, 1.82) is 0 Å². The van der Waals surface area contributed by atoms with E-state index in [1.54, 1.807) is 0 Å². The van der Waals surface area contributed by atoms with Crippen LogP contribution in [0.1, 0.15) is 27.7 Å². The molecule has 0 amide bonds. The zero-order chi connectivity index (χ0) is 13.4. The van der Waals surface area contributed by atoms with E-state index in [-0.39, 0.29) is 0 Å². The van der Waals surface area contributed by atoms with Gasteiger partial charge < -0.3 is 14.5 Å². The molecule has 0 aromatic heterocycles. The van der Waals surface area contributed by atoms with Gasteiger partial charge in [-0.1, -0.05) is 0 Å². The maximum Gasteiger partial charge on any atom is 0.370 e. The predicted octanol–water partition coefficient (Wildman–Crippen LogP) is 1.98. The number of carbonyl (C=O) groups is 1. The lowest BCUT2D eigenvalue weighted by Gasteiger charge is -2.33. The molecule has 0 saturated heterocycles. The van der Waals surface area contributed by atoms with Gasteiger partial charge in [0.1, 0.15) is 5.82 Å². The number of ether oxygens (including phenoxy) is 1. The van der Waals surface area contributed by atoms with Crippen molar-refractivity contribution in [2.24, 2.45) is 0 Å². The molecule has 100 valence electrons. The highest BCUT2D eigenvalue weighted by molar-refractivity contribution is 5.86. The van der Waals surface area contributed by atoms with Crippen molar-refractivity contribution in [3.8, 4) is 0 Å². The van der Waals surface area contributed by atoms with Crippen LogP contribution < -0.4 is 0 Å². The van der Waals surface area contributed by atoms with E-state index in [1.807, 2.05) is 37.5 Å². The van der Waals surface area contributed by atoms with Crippen molar-refractivity contribution < 1.29 is 13.9 Å². The number of halogens is 1. The number of esters is 1.